The molecule has 0 aliphatic carbocycles. The first kappa shape index (κ1) is 22.3. The fourth-order valence-corrected chi connectivity index (χ4v) is 5.06. The van der Waals surface area contributed by atoms with Crippen LogP contribution in [0, 0.1) is 0 Å². The monoisotopic (exact) mass is 475 g/mol. The predicted molar refractivity (Wildman–Crippen MR) is 135 cm³/mol. The third-order valence-corrected chi connectivity index (χ3v) is 6.69. The van der Waals surface area contributed by atoms with Crippen LogP contribution in [0.4, 0.5) is 17.1 Å². The number of hydrogen-bond donors (Lipinski definition) is 1. The predicted octanol–water partition coefficient (Wildman–Crippen LogP) is 5.68. The number of nitrogens with zero attached hydrogens (tertiary/aromatic N) is 2. The Balaban J connectivity index is 1.53. The number of benzene rings is 3. The van der Waals surface area contributed by atoms with Crippen molar-refractivity contribution in [3.8, 4) is 5.75 Å². The molecule has 7 heteroatoms. The summed E-state index contributed by atoms with van der Waals surface area (Å²) in [6.07, 6.45) is 0.608. The van der Waals surface area contributed by atoms with Gasteiger partial charge in [-0.15, -0.1) is 0 Å². The number of ether oxygens (including phenoxy) is 1. The molecule has 1 N–H and O–H groups in total. The van der Waals surface area contributed by atoms with E-state index in [4.69, 9.17) is 16.3 Å². The summed E-state index contributed by atoms with van der Waals surface area (Å²) in [6.45, 7) is 4.92. The molecule has 5 rings (SSSR count). The van der Waals surface area contributed by atoms with Crippen LogP contribution in [-0.4, -0.2) is 31.0 Å². The van der Waals surface area contributed by atoms with Crippen LogP contribution < -0.4 is 19.9 Å². The first-order valence-corrected chi connectivity index (χ1v) is 11.8. The maximum Gasteiger partial charge on any atom is 0.258 e. The van der Waals surface area contributed by atoms with Gasteiger partial charge in [-0.2, -0.15) is 0 Å². The number of anilines is 3. The summed E-state index contributed by atoms with van der Waals surface area (Å²) in [5.74, 6) is 0.624. The molecule has 3 aromatic carbocycles. The smallest absolute Gasteiger partial charge is 0.258 e. The van der Waals surface area contributed by atoms with E-state index in [9.17, 15) is 9.59 Å². The molecule has 0 saturated carbocycles. The molecular weight excluding hydrogens is 450 g/mol. The third kappa shape index (κ3) is 3.99. The second kappa shape index (κ2) is 9.03. The van der Waals surface area contributed by atoms with E-state index in [2.05, 4.69) is 5.32 Å². The molecule has 3 aromatic rings. The van der Waals surface area contributed by atoms with E-state index in [1.165, 1.54) is 0 Å². The maximum atomic E-state index is 13.7. The van der Waals surface area contributed by atoms with Crippen LogP contribution in [0.15, 0.2) is 66.7 Å². The molecule has 2 aliphatic heterocycles. The average molecular weight is 476 g/mol. The Kier molecular flexibility index (Phi) is 5.92. The van der Waals surface area contributed by atoms with Crippen molar-refractivity contribution in [3.63, 3.8) is 0 Å². The number of fused-ring (bicyclic) bond motifs is 2. The molecule has 0 fully saturated rings. The normalized spacial score (nSPS) is 18.7. The molecule has 2 atom stereocenters. The van der Waals surface area contributed by atoms with Crippen molar-refractivity contribution in [2.75, 3.05) is 28.3 Å². The standard InChI is InChI=1S/C27H26ClN3O3/c1-17-15-25(31(18(2)32)21-10-8-20(28)9-11-21)22-5-3-4-6-24(22)30(17)27(33)19-7-12-26-23(16-19)29-13-14-34-26/h3-12,16-17,25,29H,13-15H2,1-2H3. The molecule has 0 saturated heterocycles. The summed E-state index contributed by atoms with van der Waals surface area (Å²) in [4.78, 5) is 30.2. The zero-order chi connectivity index (χ0) is 23.8. The topological polar surface area (TPSA) is 61.9 Å². The van der Waals surface area contributed by atoms with E-state index in [1.54, 1.807) is 24.0 Å². The number of nitrogens with one attached hydrogen (secondary N) is 1. The Bertz CT molecular complexity index is 1240. The summed E-state index contributed by atoms with van der Waals surface area (Å²) in [6, 6.07) is 20.3. The summed E-state index contributed by atoms with van der Waals surface area (Å²) in [5.41, 5.74) is 3.97. The minimum absolute atomic E-state index is 0.0603. The molecule has 34 heavy (non-hydrogen) atoms. The average Bonchev–Trinajstić information content (AvgIpc) is 2.84. The number of amides is 2. The zero-order valence-corrected chi connectivity index (χ0v) is 19.9. The van der Waals surface area contributed by atoms with Gasteiger partial charge < -0.3 is 19.9 Å². The van der Waals surface area contributed by atoms with Gasteiger partial charge in [0.25, 0.3) is 5.91 Å². The second-order valence-corrected chi connectivity index (χ2v) is 9.12. The van der Waals surface area contributed by atoms with Gasteiger partial charge in [0.15, 0.2) is 0 Å². The fourth-order valence-electron chi connectivity index (χ4n) is 4.93. The largest absolute Gasteiger partial charge is 0.490 e. The first-order chi connectivity index (χ1) is 16.4. The summed E-state index contributed by atoms with van der Waals surface area (Å²) < 4.78 is 5.66. The third-order valence-electron chi connectivity index (χ3n) is 6.44. The van der Waals surface area contributed by atoms with Gasteiger partial charge in [0, 0.05) is 41.5 Å². The van der Waals surface area contributed by atoms with Gasteiger partial charge in [-0.3, -0.25) is 9.59 Å². The van der Waals surface area contributed by atoms with Crippen molar-refractivity contribution in [1.82, 2.24) is 0 Å². The lowest BCUT2D eigenvalue weighted by molar-refractivity contribution is -0.117. The van der Waals surface area contributed by atoms with Crippen molar-refractivity contribution >= 4 is 40.5 Å². The molecule has 2 heterocycles. The lowest BCUT2D eigenvalue weighted by atomic mass is 9.89. The molecule has 0 aromatic heterocycles. The number of rotatable bonds is 3. The van der Waals surface area contributed by atoms with Crippen LogP contribution in [0.2, 0.25) is 5.02 Å². The van der Waals surface area contributed by atoms with Crippen LogP contribution >= 0.6 is 11.6 Å². The minimum Gasteiger partial charge on any atom is -0.490 e. The van der Waals surface area contributed by atoms with Crippen molar-refractivity contribution < 1.29 is 14.3 Å². The molecule has 174 valence electrons. The van der Waals surface area contributed by atoms with Crippen LogP contribution in [0.25, 0.3) is 0 Å². The highest BCUT2D eigenvalue weighted by Crippen LogP contribution is 2.43. The second-order valence-electron chi connectivity index (χ2n) is 8.69. The van der Waals surface area contributed by atoms with Gasteiger partial charge in [0.1, 0.15) is 12.4 Å². The summed E-state index contributed by atoms with van der Waals surface area (Å²) in [7, 11) is 0. The van der Waals surface area contributed by atoms with E-state index in [0.29, 0.717) is 30.2 Å². The Hall–Kier alpha value is -3.51. The van der Waals surface area contributed by atoms with Crippen LogP contribution in [0.5, 0.6) is 5.75 Å². The molecule has 0 spiro atoms. The Morgan fingerprint density at radius 1 is 1.09 bits per heavy atom. The number of carbonyl (C=O) groups excluding carboxylic acids is 2. The van der Waals surface area contributed by atoms with E-state index < -0.39 is 0 Å². The van der Waals surface area contributed by atoms with E-state index in [1.807, 2.05) is 66.4 Å². The molecular formula is C27H26ClN3O3. The van der Waals surface area contributed by atoms with Crippen LogP contribution in [0.1, 0.15) is 42.2 Å². The van der Waals surface area contributed by atoms with E-state index in [-0.39, 0.29) is 23.9 Å². The highest BCUT2D eigenvalue weighted by atomic mass is 35.5. The van der Waals surface area contributed by atoms with Gasteiger partial charge >= 0.3 is 0 Å². The van der Waals surface area contributed by atoms with E-state index in [0.717, 1.165) is 28.4 Å². The number of halogens is 1. The van der Waals surface area contributed by atoms with Crippen molar-refractivity contribution in [2.45, 2.75) is 32.4 Å². The van der Waals surface area contributed by atoms with Crippen LogP contribution in [0.3, 0.4) is 0 Å². The Morgan fingerprint density at radius 3 is 2.62 bits per heavy atom. The van der Waals surface area contributed by atoms with Crippen molar-refractivity contribution in [1.29, 1.82) is 0 Å². The molecule has 0 radical (unpaired) electrons. The van der Waals surface area contributed by atoms with Gasteiger partial charge in [0.2, 0.25) is 5.91 Å². The molecule has 6 nitrogen and oxygen atoms in total. The van der Waals surface area contributed by atoms with Gasteiger partial charge in [-0.25, -0.2) is 0 Å². The highest BCUT2D eigenvalue weighted by Gasteiger charge is 2.38. The van der Waals surface area contributed by atoms with Gasteiger partial charge in [-0.05, 0) is 67.4 Å². The summed E-state index contributed by atoms with van der Waals surface area (Å²) >= 11 is 6.08. The zero-order valence-electron chi connectivity index (χ0n) is 19.1. The van der Waals surface area contributed by atoms with Crippen molar-refractivity contribution in [3.05, 3.63) is 82.9 Å². The summed E-state index contributed by atoms with van der Waals surface area (Å²) in [5, 5.41) is 3.92. The number of carbonyl (C=O) groups is 2. The fraction of sp³-hybridized carbons (Fsp3) is 0.259. The Morgan fingerprint density at radius 2 is 1.85 bits per heavy atom. The maximum absolute atomic E-state index is 13.7. The first-order valence-electron chi connectivity index (χ1n) is 11.4. The molecule has 2 unspecified atom stereocenters. The molecule has 2 aliphatic rings. The molecule has 0 bridgehead atoms. The van der Waals surface area contributed by atoms with Gasteiger partial charge in [0.05, 0.1) is 11.7 Å². The SMILES string of the molecule is CC(=O)N(c1ccc(Cl)cc1)C1CC(C)N(C(=O)c2ccc3c(c2)NCCO3)c2ccccc21. The van der Waals surface area contributed by atoms with E-state index >= 15 is 0 Å². The number of hydrogen-bond acceptors (Lipinski definition) is 4. The minimum atomic E-state index is -0.201. The Labute approximate surface area is 204 Å². The highest BCUT2D eigenvalue weighted by molar-refractivity contribution is 6.30. The van der Waals surface area contributed by atoms with Gasteiger partial charge in [-0.1, -0.05) is 29.8 Å². The van der Waals surface area contributed by atoms with Crippen LogP contribution in [-0.2, 0) is 4.79 Å². The number of para-hydroxylation sites is 1. The lowest BCUT2D eigenvalue weighted by Gasteiger charge is -2.43. The quantitative estimate of drug-likeness (QED) is 0.529. The van der Waals surface area contributed by atoms with Crippen molar-refractivity contribution in [2.24, 2.45) is 0 Å². The molecule has 2 amide bonds. The lowest BCUT2D eigenvalue weighted by Crippen LogP contribution is -2.47.